The molecule has 0 aliphatic rings. The summed E-state index contributed by atoms with van der Waals surface area (Å²) in [5, 5.41) is 9.78. The third kappa shape index (κ3) is 12.5. The number of carboxylic acids is 1. The zero-order chi connectivity index (χ0) is 31.8. The first-order valence-electron chi connectivity index (χ1n) is 14.5. The molecule has 0 spiro atoms. The van der Waals surface area contributed by atoms with Crippen LogP contribution >= 0.6 is 0 Å². The Morgan fingerprint density at radius 1 is 0.810 bits per heavy atom. The number of hydrogen-bond donors (Lipinski definition) is 2. The van der Waals surface area contributed by atoms with Crippen LogP contribution in [0, 0.1) is 17.8 Å². The van der Waals surface area contributed by atoms with Crippen molar-refractivity contribution >= 4 is 24.4 Å². The number of carboxylic acid groups (broad SMARTS) is 1. The molecule has 0 amide bonds. The van der Waals surface area contributed by atoms with Gasteiger partial charge in [-0.05, 0) is 42.9 Å². The maximum atomic E-state index is 12.5. The fourth-order valence-electron chi connectivity index (χ4n) is 3.67. The van der Waals surface area contributed by atoms with Crippen LogP contribution in [0.1, 0.15) is 85.6 Å². The zero-order valence-electron chi connectivity index (χ0n) is 25.8. The lowest BCUT2D eigenvalue weighted by Crippen LogP contribution is -2.42. The van der Waals surface area contributed by atoms with Crippen LogP contribution in [0.15, 0.2) is 18.2 Å². The summed E-state index contributed by atoms with van der Waals surface area (Å²) in [5.74, 6) is -3.01. The first kappa shape index (κ1) is 36.5. The van der Waals surface area contributed by atoms with Crippen LogP contribution in [0.2, 0.25) is 0 Å². The summed E-state index contributed by atoms with van der Waals surface area (Å²) in [6.07, 6.45) is -0.643. The smallest absolute Gasteiger partial charge is 0.480 e. The Hall–Kier alpha value is -3.54. The molecule has 0 saturated heterocycles. The van der Waals surface area contributed by atoms with Gasteiger partial charge in [-0.25, -0.2) is 14.4 Å². The van der Waals surface area contributed by atoms with Gasteiger partial charge in [-0.1, -0.05) is 66.9 Å². The van der Waals surface area contributed by atoms with E-state index >= 15 is 0 Å². The lowest BCUT2D eigenvalue weighted by atomic mass is 9.79. The fourth-order valence-corrected chi connectivity index (χ4v) is 3.67. The summed E-state index contributed by atoms with van der Waals surface area (Å²) in [5.41, 5.74) is 6.43. The van der Waals surface area contributed by atoms with Crippen LogP contribution in [-0.2, 0) is 23.7 Å². The Labute approximate surface area is 248 Å². The number of nitrogens with two attached hydrogens (primary N) is 1. The van der Waals surface area contributed by atoms with E-state index in [4.69, 9.17) is 34.2 Å². The third-order valence-electron chi connectivity index (χ3n) is 7.08. The minimum absolute atomic E-state index is 0.0871. The van der Waals surface area contributed by atoms with E-state index in [1.807, 2.05) is 34.6 Å². The predicted octanol–water partition coefficient (Wildman–Crippen LogP) is 6.28. The molecule has 3 N–H and O–H groups in total. The van der Waals surface area contributed by atoms with Crippen LogP contribution in [0.3, 0.4) is 0 Å². The maximum Gasteiger partial charge on any atom is 0.513 e. The molecule has 0 aliphatic heterocycles. The number of benzene rings is 1. The molecule has 0 saturated carbocycles. The summed E-state index contributed by atoms with van der Waals surface area (Å²) in [6, 6.07) is 2.75. The van der Waals surface area contributed by atoms with Crippen molar-refractivity contribution in [2.24, 2.45) is 23.5 Å². The number of carbonyl (C=O) groups is 4. The van der Waals surface area contributed by atoms with E-state index in [2.05, 4.69) is 0 Å². The minimum Gasteiger partial charge on any atom is -0.480 e. The maximum absolute atomic E-state index is 12.5. The van der Waals surface area contributed by atoms with Gasteiger partial charge in [0, 0.05) is 11.8 Å². The monoisotopic (exact) mass is 597 g/mol. The average molecular weight is 598 g/mol. The summed E-state index contributed by atoms with van der Waals surface area (Å²) in [6.45, 7) is 13.4. The van der Waals surface area contributed by atoms with E-state index in [1.165, 1.54) is 18.2 Å². The Bertz CT molecular complexity index is 1010. The van der Waals surface area contributed by atoms with E-state index in [-0.39, 0.29) is 43.2 Å². The summed E-state index contributed by atoms with van der Waals surface area (Å²) in [7, 11) is 0. The van der Waals surface area contributed by atoms with Crippen molar-refractivity contribution in [3.63, 3.8) is 0 Å². The molecule has 0 bridgehead atoms. The first-order chi connectivity index (χ1) is 19.8. The molecule has 42 heavy (non-hydrogen) atoms. The largest absolute Gasteiger partial charge is 0.513 e. The molecule has 1 rings (SSSR count). The first-order valence-corrected chi connectivity index (χ1v) is 14.5. The molecule has 0 heterocycles. The quantitative estimate of drug-likeness (QED) is 0.0892. The molecule has 5 unspecified atom stereocenters. The van der Waals surface area contributed by atoms with Crippen molar-refractivity contribution in [2.75, 3.05) is 19.8 Å². The van der Waals surface area contributed by atoms with E-state index < -0.39 is 48.4 Å². The molecule has 238 valence electrons. The standard InChI is InChI=1S/C30H47NO11/c1-8-11-14-37-28(34)40-21(7)20(6)25(26(31)27(32)33)22-12-13-23(41-29(35)38-16-18(4)9-2)24(15-22)42-30(36)39-17-19(5)10-3/h12-13,15,18-21,25-26H,8-11,14,16-17,31H2,1-7H3,(H,32,33)/t18?,19?,20?,21?,25?,26-/m0/s1. The van der Waals surface area contributed by atoms with Crippen LogP contribution in [0.5, 0.6) is 11.5 Å². The summed E-state index contributed by atoms with van der Waals surface area (Å²) >= 11 is 0. The Balaban J connectivity index is 3.35. The lowest BCUT2D eigenvalue weighted by molar-refractivity contribution is -0.139. The second kappa shape index (κ2) is 18.8. The predicted molar refractivity (Wildman–Crippen MR) is 154 cm³/mol. The van der Waals surface area contributed by atoms with Gasteiger partial charge in [-0.2, -0.15) is 0 Å². The highest BCUT2D eigenvalue weighted by molar-refractivity contribution is 5.75. The van der Waals surface area contributed by atoms with Crippen molar-refractivity contribution in [3.05, 3.63) is 23.8 Å². The normalized spacial score (nSPS) is 15.2. The van der Waals surface area contributed by atoms with Gasteiger partial charge in [0.15, 0.2) is 11.5 Å². The molecule has 12 nitrogen and oxygen atoms in total. The van der Waals surface area contributed by atoms with Crippen molar-refractivity contribution in [1.82, 2.24) is 0 Å². The molecule has 0 fully saturated rings. The van der Waals surface area contributed by atoms with E-state index in [1.54, 1.807) is 13.8 Å². The van der Waals surface area contributed by atoms with E-state index in [9.17, 15) is 24.3 Å². The van der Waals surface area contributed by atoms with Crippen LogP contribution < -0.4 is 15.2 Å². The molecular weight excluding hydrogens is 550 g/mol. The van der Waals surface area contributed by atoms with Crippen molar-refractivity contribution in [3.8, 4) is 11.5 Å². The van der Waals surface area contributed by atoms with Crippen molar-refractivity contribution < 1.29 is 52.7 Å². The highest BCUT2D eigenvalue weighted by Gasteiger charge is 2.36. The number of ether oxygens (including phenoxy) is 6. The molecule has 6 atom stereocenters. The molecular formula is C30H47NO11. The zero-order valence-corrected chi connectivity index (χ0v) is 25.8. The second-order valence-electron chi connectivity index (χ2n) is 10.6. The molecule has 0 radical (unpaired) electrons. The summed E-state index contributed by atoms with van der Waals surface area (Å²) in [4.78, 5) is 49.0. The van der Waals surface area contributed by atoms with Gasteiger partial charge in [-0.15, -0.1) is 0 Å². The minimum atomic E-state index is -1.43. The van der Waals surface area contributed by atoms with Crippen LogP contribution in [-0.4, -0.2) is 61.5 Å². The van der Waals surface area contributed by atoms with Crippen molar-refractivity contribution in [1.29, 1.82) is 0 Å². The Morgan fingerprint density at radius 2 is 1.36 bits per heavy atom. The van der Waals surface area contributed by atoms with Gasteiger partial charge >= 0.3 is 24.4 Å². The molecule has 0 aromatic heterocycles. The van der Waals surface area contributed by atoms with Gasteiger partial charge in [0.05, 0.1) is 19.8 Å². The molecule has 12 heteroatoms. The molecule has 1 aromatic carbocycles. The lowest BCUT2D eigenvalue weighted by Gasteiger charge is -2.31. The third-order valence-corrected chi connectivity index (χ3v) is 7.08. The van der Waals surface area contributed by atoms with Gasteiger partial charge in [-0.3, -0.25) is 4.79 Å². The average Bonchev–Trinajstić information content (AvgIpc) is 2.95. The molecule has 1 aromatic rings. The van der Waals surface area contributed by atoms with E-state index in [0.29, 0.717) is 12.0 Å². The highest BCUT2D eigenvalue weighted by atomic mass is 16.7. The molecule has 0 aliphatic carbocycles. The number of hydrogen-bond acceptors (Lipinski definition) is 11. The number of carbonyl (C=O) groups excluding carboxylic acids is 3. The number of rotatable bonds is 17. The topological polar surface area (TPSA) is 170 Å². The Kier molecular flexibility index (Phi) is 16.3. The van der Waals surface area contributed by atoms with Gasteiger partial charge in [0.25, 0.3) is 0 Å². The van der Waals surface area contributed by atoms with Gasteiger partial charge in [0.2, 0.25) is 0 Å². The Morgan fingerprint density at radius 3 is 1.86 bits per heavy atom. The SMILES string of the molecule is CCCCOC(=O)OC(C)C(C)C(c1ccc(OC(=O)OCC(C)CC)c(OC(=O)OCC(C)CC)c1)[C@H](N)C(=O)O. The van der Waals surface area contributed by atoms with Crippen molar-refractivity contribution in [2.45, 2.75) is 92.2 Å². The highest BCUT2D eigenvalue weighted by Crippen LogP contribution is 2.37. The number of aliphatic carboxylic acids is 1. The fraction of sp³-hybridized carbons (Fsp3) is 0.667. The second-order valence-corrected chi connectivity index (χ2v) is 10.6. The number of unbranched alkanes of at least 4 members (excludes halogenated alkanes) is 1. The van der Waals surface area contributed by atoms with Gasteiger partial charge in [0.1, 0.15) is 12.1 Å². The van der Waals surface area contributed by atoms with Gasteiger partial charge < -0.3 is 39.3 Å². The van der Waals surface area contributed by atoms with E-state index in [0.717, 1.165) is 19.3 Å². The van der Waals surface area contributed by atoms with Crippen LogP contribution in [0.4, 0.5) is 14.4 Å². The summed E-state index contributed by atoms with van der Waals surface area (Å²) < 4.78 is 31.5. The van der Waals surface area contributed by atoms with Crippen LogP contribution in [0.25, 0.3) is 0 Å².